The molecular weight excluding hydrogens is 520 g/mol. The molecule has 0 amide bonds. The highest BCUT2D eigenvalue weighted by molar-refractivity contribution is 5.90. The Bertz CT molecular complexity index is 1090. The van der Waals surface area contributed by atoms with Crippen molar-refractivity contribution in [1.29, 1.82) is 0 Å². The monoisotopic (exact) mass is 566 g/mol. The lowest BCUT2D eigenvalue weighted by molar-refractivity contribution is -0.323. The molecule has 6 N–H and O–H groups in total. The summed E-state index contributed by atoms with van der Waals surface area (Å²) >= 11 is 0. The molecular formula is C30H46O10. The predicted octanol–water partition coefficient (Wildman–Crippen LogP) is 0.486. The molecule has 10 nitrogen and oxygen atoms in total. The lowest BCUT2D eigenvalue weighted by atomic mass is 9.38. The fourth-order valence-electron chi connectivity index (χ4n) is 9.73. The third kappa shape index (κ3) is 3.83. The summed E-state index contributed by atoms with van der Waals surface area (Å²) in [5.41, 5.74) is -1.84. The minimum atomic E-state index is -1.61. The summed E-state index contributed by atoms with van der Waals surface area (Å²) in [6.45, 7) is 10.8. The zero-order valence-electron chi connectivity index (χ0n) is 24.3. The van der Waals surface area contributed by atoms with Crippen molar-refractivity contribution in [3.63, 3.8) is 0 Å². The van der Waals surface area contributed by atoms with Gasteiger partial charge in [-0.3, -0.25) is 9.59 Å². The van der Waals surface area contributed by atoms with Crippen LogP contribution in [0.25, 0.3) is 0 Å². The third-order valence-corrected chi connectivity index (χ3v) is 12.2. The first-order valence-corrected chi connectivity index (χ1v) is 14.5. The number of fused-ring (bicyclic) bond motifs is 5. The van der Waals surface area contributed by atoms with E-state index in [1.54, 1.807) is 0 Å². The lowest BCUT2D eigenvalue weighted by Gasteiger charge is -2.64. The molecule has 0 unspecified atom stereocenters. The molecule has 0 aromatic rings. The van der Waals surface area contributed by atoms with Crippen LogP contribution in [0.5, 0.6) is 0 Å². The molecule has 4 fully saturated rings. The maximum atomic E-state index is 14.3. The minimum Gasteiger partial charge on any atom is -0.394 e. The fourth-order valence-corrected chi connectivity index (χ4v) is 9.73. The van der Waals surface area contributed by atoms with Crippen molar-refractivity contribution in [3.05, 3.63) is 11.6 Å². The zero-order valence-corrected chi connectivity index (χ0v) is 24.3. The molecule has 14 atom stereocenters. The lowest BCUT2D eigenvalue weighted by Crippen LogP contribution is -2.65. The molecule has 3 saturated carbocycles. The van der Waals surface area contributed by atoms with E-state index < -0.39 is 83.2 Å². The fraction of sp³-hybridized carbons (Fsp3) is 0.867. The van der Waals surface area contributed by atoms with Gasteiger partial charge in [0.2, 0.25) is 0 Å². The number of ether oxygens (including phenoxy) is 2. The number of Topliss-reactive ketones (excluding diaryl/α,β-unsaturated/α-hetero) is 2. The molecule has 0 radical (unpaired) electrons. The largest absolute Gasteiger partial charge is 0.394 e. The molecule has 5 rings (SSSR count). The second-order valence-electron chi connectivity index (χ2n) is 14.4. The Balaban J connectivity index is 1.51. The van der Waals surface area contributed by atoms with E-state index in [-0.39, 0.29) is 36.2 Å². The summed E-state index contributed by atoms with van der Waals surface area (Å²) in [6, 6.07) is 0. The van der Waals surface area contributed by atoms with Crippen LogP contribution in [0.3, 0.4) is 0 Å². The number of aliphatic hydroxyl groups excluding tert-OH is 6. The quantitative estimate of drug-likeness (QED) is 0.263. The highest BCUT2D eigenvalue weighted by Gasteiger charge is 2.73. The van der Waals surface area contributed by atoms with Crippen LogP contribution in [0, 0.1) is 39.4 Å². The number of hydrogen-bond donors (Lipinski definition) is 6. The normalized spacial score (nSPS) is 53.8. The predicted molar refractivity (Wildman–Crippen MR) is 141 cm³/mol. The van der Waals surface area contributed by atoms with Crippen LogP contribution in [0.15, 0.2) is 11.6 Å². The number of aliphatic hydroxyl groups is 6. The van der Waals surface area contributed by atoms with Crippen LogP contribution >= 0.6 is 0 Å². The average molecular weight is 567 g/mol. The molecule has 5 aliphatic rings. The second kappa shape index (κ2) is 9.64. The van der Waals surface area contributed by atoms with Gasteiger partial charge in [0, 0.05) is 23.2 Å². The van der Waals surface area contributed by atoms with Gasteiger partial charge in [-0.15, -0.1) is 0 Å². The summed E-state index contributed by atoms with van der Waals surface area (Å²) in [6.07, 6.45) is -6.50. The van der Waals surface area contributed by atoms with Crippen LogP contribution in [0.4, 0.5) is 0 Å². The molecule has 10 heteroatoms. The van der Waals surface area contributed by atoms with E-state index in [0.717, 1.165) is 5.57 Å². The summed E-state index contributed by atoms with van der Waals surface area (Å²) in [5.74, 6) is -1.15. The summed E-state index contributed by atoms with van der Waals surface area (Å²) in [4.78, 5) is 27.0. The molecule has 40 heavy (non-hydrogen) atoms. The number of carbonyl (C=O) groups excluding carboxylic acids is 2. The van der Waals surface area contributed by atoms with Gasteiger partial charge in [0.25, 0.3) is 0 Å². The van der Waals surface area contributed by atoms with Gasteiger partial charge in [-0.25, -0.2) is 0 Å². The number of ketones is 2. The summed E-state index contributed by atoms with van der Waals surface area (Å²) < 4.78 is 11.7. The first-order chi connectivity index (χ1) is 18.5. The highest BCUT2D eigenvalue weighted by atomic mass is 16.7. The molecule has 0 bridgehead atoms. The molecule has 4 aliphatic carbocycles. The van der Waals surface area contributed by atoms with E-state index in [0.29, 0.717) is 12.8 Å². The summed E-state index contributed by atoms with van der Waals surface area (Å²) in [5, 5.41) is 63.2. The smallest absolute Gasteiger partial charge is 0.187 e. The molecule has 0 spiro atoms. The second-order valence-corrected chi connectivity index (χ2v) is 14.4. The first-order valence-electron chi connectivity index (χ1n) is 14.5. The van der Waals surface area contributed by atoms with Gasteiger partial charge in [0.15, 0.2) is 6.29 Å². The van der Waals surface area contributed by atoms with Crippen LogP contribution in [0.2, 0.25) is 0 Å². The van der Waals surface area contributed by atoms with Crippen molar-refractivity contribution in [3.8, 4) is 0 Å². The first kappa shape index (κ1) is 30.2. The Morgan fingerprint density at radius 1 is 1.02 bits per heavy atom. The Kier molecular flexibility index (Phi) is 7.28. The van der Waals surface area contributed by atoms with Crippen LogP contribution in [-0.2, 0) is 19.1 Å². The van der Waals surface area contributed by atoms with E-state index in [2.05, 4.69) is 13.0 Å². The Morgan fingerprint density at radius 2 is 1.68 bits per heavy atom. The van der Waals surface area contributed by atoms with Gasteiger partial charge in [-0.2, -0.15) is 0 Å². The molecule has 0 aromatic carbocycles. The molecule has 0 aromatic heterocycles. The van der Waals surface area contributed by atoms with Crippen LogP contribution < -0.4 is 0 Å². The van der Waals surface area contributed by atoms with Crippen molar-refractivity contribution in [2.75, 3.05) is 6.61 Å². The van der Waals surface area contributed by atoms with Crippen LogP contribution in [-0.4, -0.2) is 97.8 Å². The van der Waals surface area contributed by atoms with Gasteiger partial charge in [-0.1, -0.05) is 46.3 Å². The highest BCUT2D eigenvalue weighted by Crippen LogP contribution is 2.73. The van der Waals surface area contributed by atoms with E-state index in [4.69, 9.17) is 9.47 Å². The number of carbonyl (C=O) groups is 2. The third-order valence-electron chi connectivity index (χ3n) is 12.2. The topological polar surface area (TPSA) is 174 Å². The van der Waals surface area contributed by atoms with E-state index in [1.807, 2.05) is 27.7 Å². The standard InChI is InChI=1S/C30H46O10/c1-13(32)21-16(33)10-28(4)19-8-7-14-15(30(19,6)20(34)11-29(21,28)5)9-17(25(38)27(14,2)3)39-26-24(37)23(36)22(35)18(12-31)40-26/h7,15-19,21-26,31,33,35-38H,8-12H2,1-6H3/t15-,16-,17+,18-,19+,21+,22-,23+,24-,25-,26-,28+,29-,30+/m1/s1. The van der Waals surface area contributed by atoms with Crippen molar-refractivity contribution < 1.29 is 49.7 Å². The molecule has 1 saturated heterocycles. The van der Waals surface area contributed by atoms with Gasteiger partial charge in [0.05, 0.1) is 24.9 Å². The molecule has 1 heterocycles. The Morgan fingerprint density at radius 3 is 2.27 bits per heavy atom. The van der Waals surface area contributed by atoms with Gasteiger partial charge in [0.1, 0.15) is 36.0 Å². The minimum absolute atomic E-state index is 0.0344. The number of hydrogen-bond acceptors (Lipinski definition) is 10. The zero-order chi connectivity index (χ0) is 29.7. The molecule has 226 valence electrons. The van der Waals surface area contributed by atoms with Crippen LogP contribution in [0.1, 0.15) is 67.2 Å². The van der Waals surface area contributed by atoms with Gasteiger partial charge < -0.3 is 40.1 Å². The SMILES string of the molecule is CC(=O)[C@H]1[C@H](O)C[C@@]2(C)[C@@H]3CC=C4[C@@H](C[C@H](O[C@@H]5O[C@H](CO)[C@@H](O)[C@H](O)[C@H]5O)[C@@H](O)C4(C)C)[C@]3(C)C(=O)C[C@]12C. The van der Waals surface area contributed by atoms with E-state index >= 15 is 0 Å². The maximum absolute atomic E-state index is 14.3. The van der Waals surface area contributed by atoms with E-state index in [9.17, 15) is 40.2 Å². The Hall–Kier alpha value is -1.24. The van der Waals surface area contributed by atoms with Crippen molar-refractivity contribution >= 4 is 11.6 Å². The van der Waals surface area contributed by atoms with Crippen molar-refractivity contribution in [1.82, 2.24) is 0 Å². The van der Waals surface area contributed by atoms with Crippen molar-refractivity contribution in [2.45, 2.75) is 116 Å². The van der Waals surface area contributed by atoms with Gasteiger partial charge in [-0.05, 0) is 48.9 Å². The Labute approximate surface area is 235 Å². The average Bonchev–Trinajstić information content (AvgIpc) is 3.07. The maximum Gasteiger partial charge on any atom is 0.187 e. The van der Waals surface area contributed by atoms with Gasteiger partial charge >= 0.3 is 0 Å². The summed E-state index contributed by atoms with van der Waals surface area (Å²) in [7, 11) is 0. The number of allylic oxidation sites excluding steroid dienone is 1. The number of rotatable bonds is 4. The van der Waals surface area contributed by atoms with E-state index in [1.165, 1.54) is 6.92 Å². The molecule has 1 aliphatic heterocycles. The van der Waals surface area contributed by atoms with Crippen molar-refractivity contribution in [2.24, 2.45) is 39.4 Å².